The SMILES string of the molecule is CCOC(=O)c1ccc(NC(=O)COc2ccccc2C2c3sc(=O)[nH]c3SC3C(=O)N(c4ccc(Br)cc4)C(=O)C32)cc1. The van der Waals surface area contributed by atoms with Gasteiger partial charge in [-0.3, -0.25) is 19.2 Å². The topological polar surface area (TPSA) is 135 Å². The van der Waals surface area contributed by atoms with E-state index in [0.29, 0.717) is 38.2 Å². The van der Waals surface area contributed by atoms with Crippen molar-refractivity contribution in [2.45, 2.75) is 23.1 Å². The Labute approximate surface area is 267 Å². The lowest BCUT2D eigenvalue weighted by molar-refractivity contribution is -0.122. The Morgan fingerprint density at radius 3 is 2.43 bits per heavy atom. The van der Waals surface area contributed by atoms with Crippen LogP contribution in [0.2, 0.25) is 0 Å². The first kappa shape index (κ1) is 29.9. The number of esters is 1. The van der Waals surface area contributed by atoms with Crippen LogP contribution in [0.4, 0.5) is 11.4 Å². The number of aromatic nitrogens is 1. The fourth-order valence-electron chi connectivity index (χ4n) is 5.31. The fraction of sp³-hybridized carbons (Fsp3) is 0.194. The van der Waals surface area contributed by atoms with Gasteiger partial charge in [-0.05, 0) is 61.5 Å². The molecule has 224 valence electrons. The summed E-state index contributed by atoms with van der Waals surface area (Å²) in [7, 11) is 0. The number of amides is 3. The predicted octanol–water partition coefficient (Wildman–Crippen LogP) is 5.19. The van der Waals surface area contributed by atoms with E-state index >= 15 is 0 Å². The van der Waals surface area contributed by atoms with Gasteiger partial charge in [-0.15, -0.1) is 0 Å². The van der Waals surface area contributed by atoms with Crippen molar-refractivity contribution in [1.82, 2.24) is 4.98 Å². The largest absolute Gasteiger partial charge is 0.483 e. The number of nitrogens with zero attached hydrogens (tertiary/aromatic N) is 1. The van der Waals surface area contributed by atoms with Crippen molar-refractivity contribution in [2.75, 3.05) is 23.4 Å². The van der Waals surface area contributed by atoms with E-state index < -0.39 is 29.0 Å². The molecular weight excluding hydrogens is 670 g/mol. The first-order valence-electron chi connectivity index (χ1n) is 13.6. The third-order valence-corrected chi connectivity index (χ3v) is 10.1. The van der Waals surface area contributed by atoms with Crippen LogP contribution in [0.1, 0.15) is 33.6 Å². The fourth-order valence-corrected chi connectivity index (χ4v) is 8.08. The van der Waals surface area contributed by atoms with Crippen molar-refractivity contribution in [3.63, 3.8) is 0 Å². The summed E-state index contributed by atoms with van der Waals surface area (Å²) in [6.45, 7) is 1.63. The second kappa shape index (κ2) is 12.4. The summed E-state index contributed by atoms with van der Waals surface area (Å²) in [5, 5.41) is 2.52. The number of benzene rings is 3. The van der Waals surface area contributed by atoms with E-state index in [9.17, 15) is 24.0 Å². The molecule has 1 saturated heterocycles. The van der Waals surface area contributed by atoms with E-state index in [1.165, 1.54) is 16.7 Å². The highest BCUT2D eigenvalue weighted by Crippen LogP contribution is 2.54. The zero-order valence-corrected chi connectivity index (χ0v) is 26.3. The summed E-state index contributed by atoms with van der Waals surface area (Å²) in [4.78, 5) is 69.2. The van der Waals surface area contributed by atoms with Gasteiger partial charge in [0.05, 0.1) is 28.8 Å². The number of fused-ring (bicyclic) bond motifs is 2. The van der Waals surface area contributed by atoms with Gasteiger partial charge >= 0.3 is 10.8 Å². The Hall–Kier alpha value is -4.20. The minimum Gasteiger partial charge on any atom is -0.483 e. The van der Waals surface area contributed by atoms with Crippen LogP contribution in [-0.4, -0.2) is 47.1 Å². The normalized spacial score (nSPS) is 18.9. The molecule has 2 aliphatic rings. The average Bonchev–Trinajstić information content (AvgIpc) is 3.51. The summed E-state index contributed by atoms with van der Waals surface area (Å²) in [5.74, 6) is -2.73. The maximum absolute atomic E-state index is 14.0. The minimum atomic E-state index is -0.799. The number of carbonyl (C=O) groups is 4. The first-order valence-corrected chi connectivity index (χ1v) is 16.1. The van der Waals surface area contributed by atoms with E-state index in [4.69, 9.17) is 9.47 Å². The van der Waals surface area contributed by atoms with Gasteiger partial charge in [0, 0.05) is 26.5 Å². The number of ether oxygens (including phenoxy) is 2. The zero-order valence-electron chi connectivity index (χ0n) is 23.1. The van der Waals surface area contributed by atoms with Crippen molar-refractivity contribution >= 4 is 74.1 Å². The number of aromatic amines is 1. The molecular formula is C31H24BrN3O7S2. The molecule has 1 aromatic heterocycles. The highest BCUT2D eigenvalue weighted by molar-refractivity contribution is 9.10. The number of rotatable bonds is 8. The van der Waals surface area contributed by atoms with Gasteiger partial charge in [-0.25, -0.2) is 9.69 Å². The maximum atomic E-state index is 14.0. The number of nitrogens with one attached hydrogen (secondary N) is 2. The molecule has 13 heteroatoms. The number of imide groups is 1. The van der Waals surface area contributed by atoms with Crippen LogP contribution in [0.15, 0.2) is 87.1 Å². The lowest BCUT2D eigenvalue weighted by atomic mass is 9.82. The van der Waals surface area contributed by atoms with Crippen molar-refractivity contribution in [3.8, 4) is 5.75 Å². The standard InChI is InChI=1S/C31H24BrN3O7S2/c1-2-41-30(39)16-7-11-18(12-8-16)33-22(36)15-42-21-6-4-3-5-20(21)23-24-26(43-27-25(23)44-31(40)34-27)29(38)35(28(24)37)19-13-9-17(32)10-14-19/h3-14,23-24,26H,2,15H2,1H3,(H,33,36)(H,34,40). The van der Waals surface area contributed by atoms with E-state index in [1.807, 2.05) is 0 Å². The molecule has 3 atom stereocenters. The van der Waals surface area contributed by atoms with E-state index in [0.717, 1.165) is 15.8 Å². The number of hydrogen-bond donors (Lipinski definition) is 2. The molecule has 10 nitrogen and oxygen atoms in total. The van der Waals surface area contributed by atoms with Crippen molar-refractivity contribution < 1.29 is 28.7 Å². The molecule has 0 aliphatic carbocycles. The Kier molecular flexibility index (Phi) is 8.43. The van der Waals surface area contributed by atoms with Crippen molar-refractivity contribution in [2.24, 2.45) is 5.92 Å². The van der Waals surface area contributed by atoms with Crippen molar-refractivity contribution in [3.05, 3.63) is 103 Å². The van der Waals surface area contributed by atoms with Gasteiger partial charge in [-0.2, -0.15) is 0 Å². The zero-order chi connectivity index (χ0) is 31.0. The van der Waals surface area contributed by atoms with Gasteiger partial charge in [0.1, 0.15) is 11.0 Å². The number of thioether (sulfide) groups is 1. The Balaban J connectivity index is 1.26. The smallest absolute Gasteiger partial charge is 0.338 e. The summed E-state index contributed by atoms with van der Waals surface area (Å²) in [5.41, 5.74) is 1.89. The molecule has 6 rings (SSSR count). The summed E-state index contributed by atoms with van der Waals surface area (Å²) >= 11 is 5.57. The van der Waals surface area contributed by atoms with Crippen LogP contribution in [0.5, 0.6) is 5.75 Å². The Bertz CT molecular complexity index is 1820. The molecule has 1 fully saturated rings. The van der Waals surface area contributed by atoms with Crippen LogP contribution in [0.3, 0.4) is 0 Å². The molecule has 4 aromatic rings. The maximum Gasteiger partial charge on any atom is 0.338 e. The molecule has 0 bridgehead atoms. The lowest BCUT2D eigenvalue weighted by Crippen LogP contribution is -2.32. The number of H-pyrrole nitrogens is 1. The molecule has 2 aliphatic heterocycles. The van der Waals surface area contributed by atoms with Gasteiger partial charge in [0.25, 0.3) is 5.91 Å². The Morgan fingerprint density at radius 1 is 0.977 bits per heavy atom. The number of halogens is 1. The summed E-state index contributed by atoms with van der Waals surface area (Å²) in [6.07, 6.45) is 0. The number of thiazole rings is 1. The molecule has 3 amide bonds. The molecule has 3 aromatic carbocycles. The van der Waals surface area contributed by atoms with E-state index in [-0.39, 0.29) is 29.9 Å². The predicted molar refractivity (Wildman–Crippen MR) is 170 cm³/mol. The number of hydrogen-bond acceptors (Lipinski definition) is 9. The van der Waals surface area contributed by atoms with Gasteiger partial charge in [0.15, 0.2) is 6.61 Å². The third-order valence-electron chi connectivity index (χ3n) is 7.20. The summed E-state index contributed by atoms with van der Waals surface area (Å²) in [6, 6.07) is 20.2. The van der Waals surface area contributed by atoms with E-state index in [2.05, 4.69) is 26.2 Å². The molecule has 44 heavy (non-hydrogen) atoms. The molecule has 0 saturated carbocycles. The highest BCUT2D eigenvalue weighted by atomic mass is 79.9. The van der Waals surface area contributed by atoms with Crippen LogP contribution in [0, 0.1) is 5.92 Å². The molecule has 0 spiro atoms. The monoisotopic (exact) mass is 693 g/mol. The van der Waals surface area contributed by atoms with Crippen LogP contribution in [0.25, 0.3) is 0 Å². The first-order chi connectivity index (χ1) is 21.2. The third kappa shape index (κ3) is 5.70. The van der Waals surface area contributed by atoms with Gasteiger partial charge in [-0.1, -0.05) is 57.2 Å². The van der Waals surface area contributed by atoms with Crippen molar-refractivity contribution in [1.29, 1.82) is 0 Å². The molecule has 2 N–H and O–H groups in total. The lowest BCUT2D eigenvalue weighted by Gasteiger charge is -2.30. The van der Waals surface area contributed by atoms with Crippen LogP contribution in [-0.2, 0) is 19.1 Å². The second-order valence-corrected chi connectivity index (χ2v) is 13.0. The van der Waals surface area contributed by atoms with Gasteiger partial charge in [0.2, 0.25) is 11.8 Å². The number of para-hydroxylation sites is 1. The summed E-state index contributed by atoms with van der Waals surface area (Å²) < 4.78 is 11.8. The van der Waals surface area contributed by atoms with Gasteiger partial charge < -0.3 is 19.8 Å². The highest BCUT2D eigenvalue weighted by Gasteiger charge is 2.56. The van der Waals surface area contributed by atoms with Crippen LogP contribution < -0.4 is 19.8 Å². The second-order valence-electron chi connectivity index (χ2n) is 9.91. The average molecular weight is 695 g/mol. The number of carbonyl (C=O) groups excluding carboxylic acids is 4. The number of anilines is 2. The Morgan fingerprint density at radius 2 is 1.70 bits per heavy atom. The molecule has 0 radical (unpaired) electrons. The minimum absolute atomic E-state index is 0.259. The molecule has 3 heterocycles. The quantitative estimate of drug-likeness (QED) is 0.190. The van der Waals surface area contributed by atoms with Crippen LogP contribution >= 0.6 is 39.0 Å². The molecule has 3 unspecified atom stereocenters. The van der Waals surface area contributed by atoms with E-state index in [1.54, 1.807) is 79.7 Å².